The summed E-state index contributed by atoms with van der Waals surface area (Å²) in [6.07, 6.45) is -0.0607. The summed E-state index contributed by atoms with van der Waals surface area (Å²) in [5.74, 6) is -1.67. The first-order valence-electron chi connectivity index (χ1n) is 3.44. The molecule has 1 heterocycles. The van der Waals surface area contributed by atoms with Crippen molar-refractivity contribution in [1.82, 2.24) is 0 Å². The Morgan fingerprint density at radius 1 is 1.33 bits per heavy atom. The summed E-state index contributed by atoms with van der Waals surface area (Å²) in [6, 6.07) is 2.28. The molecule has 1 saturated heterocycles. The van der Waals surface area contributed by atoms with Crippen LogP contribution >= 0.6 is 15.9 Å². The van der Waals surface area contributed by atoms with Crippen molar-refractivity contribution in [2.24, 2.45) is 0 Å². The van der Waals surface area contributed by atoms with E-state index in [0.29, 0.717) is 16.6 Å². The summed E-state index contributed by atoms with van der Waals surface area (Å²) < 4.78 is 30.8. The van der Waals surface area contributed by atoms with E-state index in [1.165, 1.54) is 0 Å². The van der Waals surface area contributed by atoms with Gasteiger partial charge in [0.05, 0.1) is 6.61 Å². The molecule has 1 aromatic rings. The smallest absolute Gasteiger partial charge is 0.159 e. The molecule has 2 rings (SSSR count). The molecule has 1 atom stereocenters. The van der Waals surface area contributed by atoms with Crippen LogP contribution in [0.15, 0.2) is 16.6 Å². The second kappa shape index (κ2) is 2.78. The van der Waals surface area contributed by atoms with E-state index in [2.05, 4.69) is 15.9 Å². The van der Waals surface area contributed by atoms with Crippen LogP contribution in [0.1, 0.15) is 11.7 Å². The Bertz CT molecular complexity index is 323. The summed E-state index contributed by atoms with van der Waals surface area (Å²) in [4.78, 5) is 0. The zero-order valence-corrected chi connectivity index (χ0v) is 7.57. The Hall–Kier alpha value is -0.480. The van der Waals surface area contributed by atoms with E-state index < -0.39 is 11.6 Å². The molecule has 0 saturated carbocycles. The lowest BCUT2D eigenvalue weighted by atomic mass is 10.1. The summed E-state index contributed by atoms with van der Waals surface area (Å²) in [7, 11) is 0. The Balaban J connectivity index is 2.47. The zero-order valence-electron chi connectivity index (χ0n) is 5.98. The average molecular weight is 235 g/mol. The number of halogens is 3. The summed E-state index contributed by atoms with van der Waals surface area (Å²) in [5, 5.41) is 0. The van der Waals surface area contributed by atoms with Crippen LogP contribution in [0.5, 0.6) is 0 Å². The number of hydrogen-bond donors (Lipinski definition) is 0. The Morgan fingerprint density at radius 3 is 2.50 bits per heavy atom. The monoisotopic (exact) mass is 234 g/mol. The maximum Gasteiger partial charge on any atom is 0.159 e. The minimum atomic E-state index is -0.841. The Morgan fingerprint density at radius 2 is 1.92 bits per heavy atom. The van der Waals surface area contributed by atoms with Crippen molar-refractivity contribution in [2.75, 3.05) is 6.61 Å². The van der Waals surface area contributed by atoms with E-state index in [-0.39, 0.29) is 6.10 Å². The fraction of sp³-hybridized carbons (Fsp3) is 0.250. The van der Waals surface area contributed by atoms with Crippen LogP contribution in [-0.4, -0.2) is 6.61 Å². The highest BCUT2D eigenvalue weighted by molar-refractivity contribution is 9.10. The highest BCUT2D eigenvalue weighted by Crippen LogP contribution is 2.35. The van der Waals surface area contributed by atoms with Gasteiger partial charge in [-0.1, -0.05) is 15.9 Å². The largest absolute Gasteiger partial charge is 0.368 e. The van der Waals surface area contributed by atoms with Crippen LogP contribution < -0.4 is 0 Å². The fourth-order valence-corrected chi connectivity index (χ4v) is 1.58. The number of epoxide rings is 1. The van der Waals surface area contributed by atoms with Gasteiger partial charge < -0.3 is 4.74 Å². The molecule has 1 unspecified atom stereocenters. The topological polar surface area (TPSA) is 12.5 Å². The van der Waals surface area contributed by atoms with E-state index in [9.17, 15) is 8.78 Å². The molecule has 0 spiro atoms. The SMILES string of the molecule is Fc1cc(Br)c(C2CO2)cc1F. The van der Waals surface area contributed by atoms with Crippen molar-refractivity contribution in [3.63, 3.8) is 0 Å². The molecule has 0 amide bonds. The molecule has 4 heteroatoms. The third-order valence-electron chi connectivity index (χ3n) is 1.72. The van der Waals surface area contributed by atoms with Crippen molar-refractivity contribution in [1.29, 1.82) is 0 Å². The van der Waals surface area contributed by atoms with Crippen LogP contribution in [0.3, 0.4) is 0 Å². The Kier molecular flexibility index (Phi) is 1.88. The van der Waals surface area contributed by atoms with Crippen LogP contribution in [0.25, 0.3) is 0 Å². The molecule has 0 radical (unpaired) electrons. The van der Waals surface area contributed by atoms with Gasteiger partial charge >= 0.3 is 0 Å². The lowest BCUT2D eigenvalue weighted by Crippen LogP contribution is -1.90. The average Bonchev–Trinajstić information content (AvgIpc) is 2.79. The van der Waals surface area contributed by atoms with E-state index in [1.807, 2.05) is 0 Å². The second-order valence-electron chi connectivity index (χ2n) is 2.61. The normalized spacial score (nSPS) is 21.1. The fourth-order valence-electron chi connectivity index (χ4n) is 1.01. The van der Waals surface area contributed by atoms with Gasteiger partial charge in [0, 0.05) is 10.0 Å². The standard InChI is InChI=1S/C8H5BrF2O/c9-5-2-7(11)6(10)1-4(5)8-3-12-8/h1-2,8H,3H2. The molecule has 1 aliphatic heterocycles. The van der Waals surface area contributed by atoms with Gasteiger partial charge in [0.1, 0.15) is 6.10 Å². The number of rotatable bonds is 1. The summed E-state index contributed by atoms with van der Waals surface area (Å²) >= 11 is 3.14. The molecule has 12 heavy (non-hydrogen) atoms. The maximum atomic E-state index is 12.7. The van der Waals surface area contributed by atoms with Gasteiger partial charge in [0.15, 0.2) is 11.6 Å². The summed E-state index contributed by atoms with van der Waals surface area (Å²) in [6.45, 7) is 0.587. The third-order valence-corrected chi connectivity index (χ3v) is 2.41. The summed E-state index contributed by atoms with van der Waals surface area (Å²) in [5.41, 5.74) is 0.675. The van der Waals surface area contributed by atoms with E-state index >= 15 is 0 Å². The first-order chi connectivity index (χ1) is 5.68. The molecule has 1 fully saturated rings. The van der Waals surface area contributed by atoms with E-state index in [0.717, 1.165) is 12.1 Å². The van der Waals surface area contributed by atoms with Crippen molar-refractivity contribution in [2.45, 2.75) is 6.10 Å². The van der Waals surface area contributed by atoms with Crippen LogP contribution in [0, 0.1) is 11.6 Å². The van der Waals surface area contributed by atoms with Crippen molar-refractivity contribution >= 4 is 15.9 Å². The van der Waals surface area contributed by atoms with E-state index in [4.69, 9.17) is 4.74 Å². The van der Waals surface area contributed by atoms with Crippen LogP contribution in [0.4, 0.5) is 8.78 Å². The molecule has 1 aliphatic rings. The quantitative estimate of drug-likeness (QED) is 0.538. The minimum Gasteiger partial charge on any atom is -0.368 e. The van der Waals surface area contributed by atoms with E-state index in [1.54, 1.807) is 0 Å². The van der Waals surface area contributed by atoms with Gasteiger partial charge in [0.2, 0.25) is 0 Å². The van der Waals surface area contributed by atoms with Gasteiger partial charge in [-0.2, -0.15) is 0 Å². The van der Waals surface area contributed by atoms with Crippen molar-refractivity contribution in [3.05, 3.63) is 33.8 Å². The van der Waals surface area contributed by atoms with Gasteiger partial charge in [-0.05, 0) is 12.1 Å². The maximum absolute atomic E-state index is 12.7. The predicted octanol–water partition coefficient (Wildman–Crippen LogP) is 2.80. The number of ether oxygens (including phenoxy) is 1. The predicted molar refractivity (Wildman–Crippen MR) is 42.8 cm³/mol. The van der Waals surface area contributed by atoms with Gasteiger partial charge in [-0.15, -0.1) is 0 Å². The van der Waals surface area contributed by atoms with Crippen molar-refractivity contribution in [3.8, 4) is 0 Å². The lowest BCUT2D eigenvalue weighted by molar-refractivity contribution is 0.412. The van der Waals surface area contributed by atoms with Crippen LogP contribution in [-0.2, 0) is 4.74 Å². The second-order valence-corrected chi connectivity index (χ2v) is 3.46. The molecular weight excluding hydrogens is 230 g/mol. The molecule has 1 aromatic carbocycles. The highest BCUT2D eigenvalue weighted by Gasteiger charge is 2.28. The van der Waals surface area contributed by atoms with Gasteiger partial charge in [-0.25, -0.2) is 8.78 Å². The number of hydrogen-bond acceptors (Lipinski definition) is 1. The van der Waals surface area contributed by atoms with Crippen LogP contribution in [0.2, 0.25) is 0 Å². The molecule has 0 aromatic heterocycles. The number of benzene rings is 1. The molecule has 1 nitrogen and oxygen atoms in total. The highest BCUT2D eigenvalue weighted by atomic mass is 79.9. The molecule has 0 N–H and O–H groups in total. The molecule has 64 valence electrons. The Labute approximate surface area is 76.5 Å². The third kappa shape index (κ3) is 1.36. The van der Waals surface area contributed by atoms with Gasteiger partial charge in [0.25, 0.3) is 0 Å². The van der Waals surface area contributed by atoms with Crippen molar-refractivity contribution < 1.29 is 13.5 Å². The molecule has 0 bridgehead atoms. The minimum absolute atomic E-state index is 0.0607. The molecule has 0 aliphatic carbocycles. The first-order valence-corrected chi connectivity index (χ1v) is 4.24. The first kappa shape index (κ1) is 8.13. The zero-order chi connectivity index (χ0) is 8.72. The van der Waals surface area contributed by atoms with Gasteiger partial charge in [-0.3, -0.25) is 0 Å². The molecular formula is C8H5BrF2O. The lowest BCUT2D eigenvalue weighted by Gasteiger charge is -2.00.